The minimum absolute atomic E-state index is 0.0235. The number of ether oxygens (including phenoxy) is 4. The van der Waals surface area contributed by atoms with Crippen molar-refractivity contribution in [3.8, 4) is 34.8 Å². The summed E-state index contributed by atoms with van der Waals surface area (Å²) in [7, 11) is 6.11. The van der Waals surface area contributed by atoms with Gasteiger partial charge in [0.1, 0.15) is 0 Å². The zero-order valence-corrected chi connectivity index (χ0v) is 14.7. The van der Waals surface area contributed by atoms with E-state index in [0.29, 0.717) is 23.0 Å². The van der Waals surface area contributed by atoms with Crippen LogP contribution in [0.15, 0.2) is 30.3 Å². The summed E-state index contributed by atoms with van der Waals surface area (Å²) >= 11 is 0. The Kier molecular flexibility index (Phi) is 5.96. The highest BCUT2D eigenvalue weighted by atomic mass is 16.5. The first kappa shape index (κ1) is 18.3. The number of hydrogen-bond acceptors (Lipinski definition) is 6. The Morgan fingerprint density at radius 3 is 1.92 bits per heavy atom. The van der Waals surface area contributed by atoms with E-state index in [1.807, 2.05) is 18.2 Å². The molecule has 132 valence electrons. The molecule has 0 aliphatic carbocycles. The van der Waals surface area contributed by atoms with Gasteiger partial charge >= 0.3 is 0 Å². The molecule has 0 saturated carbocycles. The van der Waals surface area contributed by atoms with Crippen molar-refractivity contribution in [3.05, 3.63) is 41.5 Å². The van der Waals surface area contributed by atoms with E-state index in [2.05, 4.69) is 6.07 Å². The molecule has 2 aromatic carbocycles. The van der Waals surface area contributed by atoms with Crippen LogP contribution in [-0.2, 0) is 0 Å². The fourth-order valence-corrected chi connectivity index (χ4v) is 2.75. The second-order valence-corrected chi connectivity index (χ2v) is 5.30. The highest BCUT2D eigenvalue weighted by molar-refractivity contribution is 5.56. The molecule has 0 amide bonds. The third kappa shape index (κ3) is 3.72. The summed E-state index contributed by atoms with van der Waals surface area (Å²) in [6, 6.07) is 10.9. The average Bonchev–Trinajstić information content (AvgIpc) is 2.64. The van der Waals surface area contributed by atoms with E-state index in [1.165, 1.54) is 14.2 Å². The topological polar surface area (TPSA) is 80.9 Å². The molecule has 0 aliphatic rings. The quantitative estimate of drug-likeness (QED) is 0.829. The molecule has 0 radical (unpaired) electrons. The Morgan fingerprint density at radius 1 is 0.880 bits per heavy atom. The first-order chi connectivity index (χ1) is 12.1. The van der Waals surface area contributed by atoms with Crippen molar-refractivity contribution in [1.29, 1.82) is 5.26 Å². The van der Waals surface area contributed by atoms with Gasteiger partial charge in [0.2, 0.25) is 5.75 Å². The van der Waals surface area contributed by atoms with Crippen LogP contribution in [0.4, 0.5) is 0 Å². The molecule has 0 fully saturated rings. The number of phenolic OH excluding ortho intramolecular Hbond substituents is 1. The molecule has 0 aromatic heterocycles. The molecule has 6 nitrogen and oxygen atoms in total. The van der Waals surface area contributed by atoms with Gasteiger partial charge in [-0.25, -0.2) is 0 Å². The fourth-order valence-electron chi connectivity index (χ4n) is 2.75. The summed E-state index contributed by atoms with van der Waals surface area (Å²) in [5, 5.41) is 19.3. The van der Waals surface area contributed by atoms with Crippen LogP contribution in [0, 0.1) is 11.3 Å². The van der Waals surface area contributed by atoms with Crippen molar-refractivity contribution in [2.75, 3.05) is 28.4 Å². The summed E-state index contributed by atoms with van der Waals surface area (Å²) in [6.45, 7) is 0. The molecule has 1 unspecified atom stereocenters. The number of nitrogens with zero attached hydrogens (tertiary/aromatic N) is 1. The molecule has 0 bridgehead atoms. The van der Waals surface area contributed by atoms with Crippen molar-refractivity contribution in [2.45, 2.75) is 12.3 Å². The summed E-state index contributed by atoms with van der Waals surface area (Å²) in [5.41, 5.74) is 1.61. The van der Waals surface area contributed by atoms with E-state index in [9.17, 15) is 10.4 Å². The van der Waals surface area contributed by atoms with Crippen LogP contribution >= 0.6 is 0 Å². The van der Waals surface area contributed by atoms with Crippen LogP contribution in [0.3, 0.4) is 0 Å². The van der Waals surface area contributed by atoms with Crippen LogP contribution in [0.25, 0.3) is 0 Å². The van der Waals surface area contributed by atoms with Gasteiger partial charge in [-0.3, -0.25) is 0 Å². The lowest BCUT2D eigenvalue weighted by Gasteiger charge is -2.20. The van der Waals surface area contributed by atoms with Gasteiger partial charge in [0.15, 0.2) is 23.0 Å². The van der Waals surface area contributed by atoms with Crippen LogP contribution in [0.5, 0.6) is 28.7 Å². The lowest BCUT2D eigenvalue weighted by atomic mass is 9.88. The highest BCUT2D eigenvalue weighted by Gasteiger charge is 2.21. The van der Waals surface area contributed by atoms with Gasteiger partial charge in [-0.05, 0) is 35.4 Å². The minimum atomic E-state index is -0.268. The Morgan fingerprint density at radius 2 is 1.48 bits per heavy atom. The molecule has 0 heterocycles. The zero-order valence-electron chi connectivity index (χ0n) is 14.7. The lowest BCUT2D eigenvalue weighted by Crippen LogP contribution is -2.03. The number of phenols is 1. The van der Waals surface area contributed by atoms with E-state index in [0.717, 1.165) is 11.1 Å². The van der Waals surface area contributed by atoms with Crippen molar-refractivity contribution in [1.82, 2.24) is 0 Å². The smallest absolute Gasteiger partial charge is 0.203 e. The van der Waals surface area contributed by atoms with E-state index in [4.69, 9.17) is 18.9 Å². The van der Waals surface area contributed by atoms with Gasteiger partial charge in [-0.1, -0.05) is 6.07 Å². The number of aromatic hydroxyl groups is 1. The van der Waals surface area contributed by atoms with Crippen molar-refractivity contribution >= 4 is 0 Å². The normalized spacial score (nSPS) is 11.3. The van der Waals surface area contributed by atoms with Gasteiger partial charge in [0.25, 0.3) is 0 Å². The molecule has 1 atom stereocenters. The predicted octanol–water partition coefficient (Wildman–Crippen LogP) is 3.47. The number of benzene rings is 2. The summed E-state index contributed by atoms with van der Waals surface area (Å²) < 4.78 is 21.2. The predicted molar refractivity (Wildman–Crippen MR) is 92.8 cm³/mol. The monoisotopic (exact) mass is 343 g/mol. The Hall–Kier alpha value is -3.07. The molecule has 6 heteroatoms. The molecular formula is C19H21NO5. The van der Waals surface area contributed by atoms with Crippen LogP contribution < -0.4 is 18.9 Å². The van der Waals surface area contributed by atoms with E-state index in [1.54, 1.807) is 26.4 Å². The average molecular weight is 343 g/mol. The largest absolute Gasteiger partial charge is 0.504 e. The van der Waals surface area contributed by atoms with Crippen molar-refractivity contribution in [2.24, 2.45) is 0 Å². The number of methoxy groups -OCH3 is 4. The molecule has 0 spiro atoms. The van der Waals surface area contributed by atoms with Crippen LogP contribution in [0.1, 0.15) is 23.5 Å². The second-order valence-electron chi connectivity index (χ2n) is 5.30. The van der Waals surface area contributed by atoms with Gasteiger partial charge in [-0.15, -0.1) is 0 Å². The van der Waals surface area contributed by atoms with Crippen molar-refractivity contribution in [3.63, 3.8) is 0 Å². The number of rotatable bonds is 7. The van der Waals surface area contributed by atoms with Gasteiger partial charge in [0, 0.05) is 12.3 Å². The standard InChI is InChI=1S/C19H21NO5/c1-22-16-6-5-12(9-15(16)21)14(7-8-20)13-10-17(23-2)19(25-4)18(11-13)24-3/h5-6,9-11,14,21H,7H2,1-4H3. The van der Waals surface area contributed by atoms with Crippen molar-refractivity contribution < 1.29 is 24.1 Å². The van der Waals surface area contributed by atoms with Gasteiger partial charge in [-0.2, -0.15) is 5.26 Å². The molecule has 2 aromatic rings. The summed E-state index contributed by atoms with van der Waals surface area (Å²) in [5.74, 6) is 1.65. The third-order valence-electron chi connectivity index (χ3n) is 3.99. The first-order valence-electron chi connectivity index (χ1n) is 7.63. The molecule has 0 saturated heterocycles. The first-order valence-corrected chi connectivity index (χ1v) is 7.63. The maximum Gasteiger partial charge on any atom is 0.203 e. The van der Waals surface area contributed by atoms with E-state index in [-0.39, 0.29) is 18.1 Å². The molecule has 25 heavy (non-hydrogen) atoms. The second kappa shape index (κ2) is 8.15. The zero-order chi connectivity index (χ0) is 18.4. The maximum absolute atomic E-state index is 10.1. The molecule has 1 N–H and O–H groups in total. The van der Waals surface area contributed by atoms with Crippen LogP contribution in [0.2, 0.25) is 0 Å². The third-order valence-corrected chi connectivity index (χ3v) is 3.99. The Balaban J connectivity index is 2.57. The Bertz CT molecular complexity index is 757. The molecular weight excluding hydrogens is 322 g/mol. The molecule has 2 rings (SSSR count). The summed E-state index contributed by atoms with van der Waals surface area (Å²) in [6.07, 6.45) is 0.227. The fraction of sp³-hybridized carbons (Fsp3) is 0.316. The number of hydrogen-bond donors (Lipinski definition) is 1. The highest BCUT2D eigenvalue weighted by Crippen LogP contribution is 2.42. The Labute approximate surface area is 147 Å². The molecule has 0 aliphatic heterocycles. The van der Waals surface area contributed by atoms with Crippen LogP contribution in [-0.4, -0.2) is 33.5 Å². The minimum Gasteiger partial charge on any atom is -0.504 e. The van der Waals surface area contributed by atoms with E-state index >= 15 is 0 Å². The van der Waals surface area contributed by atoms with E-state index < -0.39 is 0 Å². The lowest BCUT2D eigenvalue weighted by molar-refractivity contribution is 0.323. The van der Waals surface area contributed by atoms with Gasteiger partial charge < -0.3 is 24.1 Å². The van der Waals surface area contributed by atoms with Gasteiger partial charge in [0.05, 0.1) is 34.5 Å². The summed E-state index contributed by atoms with van der Waals surface area (Å²) in [4.78, 5) is 0. The SMILES string of the molecule is COc1ccc(C(CC#N)c2cc(OC)c(OC)c(OC)c2)cc1O. The number of nitriles is 1. The maximum atomic E-state index is 10.1.